The zero-order valence-electron chi connectivity index (χ0n) is 9.03. The Morgan fingerprint density at radius 3 is 2.81 bits per heavy atom. The van der Waals surface area contributed by atoms with Crippen LogP contribution in [0.2, 0.25) is 0 Å². The van der Waals surface area contributed by atoms with Crippen LogP contribution in [0.4, 0.5) is 0 Å². The monoisotopic (exact) mass is 216 g/mol. The number of carbonyl (C=O) groups excluding carboxylic acids is 1. The SMILES string of the molecule is CC(=O)CCc1ccc2oc(=O)ccc2c1. The first-order chi connectivity index (χ1) is 7.65. The maximum atomic E-state index is 11.0. The lowest BCUT2D eigenvalue weighted by Gasteiger charge is -2.01. The molecule has 0 aliphatic heterocycles. The van der Waals surface area contributed by atoms with Crippen molar-refractivity contribution < 1.29 is 9.21 Å². The third kappa shape index (κ3) is 2.37. The molecule has 3 heteroatoms. The van der Waals surface area contributed by atoms with Crippen molar-refractivity contribution in [3.05, 3.63) is 46.3 Å². The van der Waals surface area contributed by atoms with Gasteiger partial charge in [0.25, 0.3) is 0 Å². The average Bonchev–Trinajstić information content (AvgIpc) is 2.26. The average molecular weight is 216 g/mol. The molecule has 1 aromatic heterocycles. The highest BCUT2D eigenvalue weighted by atomic mass is 16.4. The Morgan fingerprint density at radius 1 is 1.25 bits per heavy atom. The normalized spacial score (nSPS) is 10.6. The number of ketones is 1. The molecule has 0 N–H and O–H groups in total. The Labute approximate surface area is 92.7 Å². The number of carbonyl (C=O) groups is 1. The summed E-state index contributed by atoms with van der Waals surface area (Å²) < 4.78 is 5.02. The highest BCUT2D eigenvalue weighted by molar-refractivity contribution is 5.78. The van der Waals surface area contributed by atoms with Crippen LogP contribution in [0.1, 0.15) is 18.9 Å². The lowest BCUT2D eigenvalue weighted by molar-refractivity contribution is -0.116. The van der Waals surface area contributed by atoms with Gasteiger partial charge in [0.2, 0.25) is 0 Å². The fraction of sp³-hybridized carbons (Fsp3) is 0.231. The number of benzene rings is 1. The van der Waals surface area contributed by atoms with Gasteiger partial charge in [0, 0.05) is 17.9 Å². The first-order valence-electron chi connectivity index (χ1n) is 5.17. The Hall–Kier alpha value is -1.90. The second kappa shape index (κ2) is 4.31. The molecule has 0 bridgehead atoms. The van der Waals surface area contributed by atoms with Gasteiger partial charge in [-0.05, 0) is 37.1 Å². The molecule has 1 aromatic carbocycles. The Bertz CT molecular complexity index is 581. The van der Waals surface area contributed by atoms with E-state index in [0.29, 0.717) is 12.0 Å². The molecule has 0 radical (unpaired) electrons. The van der Waals surface area contributed by atoms with E-state index < -0.39 is 0 Å². The van der Waals surface area contributed by atoms with Crippen molar-refractivity contribution in [2.24, 2.45) is 0 Å². The van der Waals surface area contributed by atoms with E-state index in [9.17, 15) is 9.59 Å². The molecular weight excluding hydrogens is 204 g/mol. The summed E-state index contributed by atoms with van der Waals surface area (Å²) >= 11 is 0. The molecule has 0 saturated carbocycles. The van der Waals surface area contributed by atoms with E-state index in [1.807, 2.05) is 12.1 Å². The summed E-state index contributed by atoms with van der Waals surface area (Å²) in [4.78, 5) is 21.8. The number of hydrogen-bond donors (Lipinski definition) is 0. The van der Waals surface area contributed by atoms with E-state index in [1.165, 1.54) is 6.07 Å². The third-order valence-corrected chi connectivity index (χ3v) is 2.45. The number of Topliss-reactive ketones (excluding diaryl/α,β-unsaturated/α-hetero) is 1. The van der Waals surface area contributed by atoms with Crippen molar-refractivity contribution in [1.82, 2.24) is 0 Å². The van der Waals surface area contributed by atoms with Gasteiger partial charge in [-0.1, -0.05) is 6.07 Å². The van der Waals surface area contributed by atoms with Crippen LogP contribution >= 0.6 is 0 Å². The van der Waals surface area contributed by atoms with Gasteiger partial charge in [0.1, 0.15) is 11.4 Å². The van der Waals surface area contributed by atoms with E-state index in [-0.39, 0.29) is 11.4 Å². The molecule has 0 amide bonds. The first-order valence-corrected chi connectivity index (χ1v) is 5.17. The molecule has 2 aromatic rings. The van der Waals surface area contributed by atoms with Crippen molar-refractivity contribution in [3.63, 3.8) is 0 Å². The minimum Gasteiger partial charge on any atom is -0.423 e. The van der Waals surface area contributed by atoms with Gasteiger partial charge in [0.05, 0.1) is 0 Å². The molecule has 0 saturated heterocycles. The van der Waals surface area contributed by atoms with Crippen LogP contribution in [0.15, 0.2) is 39.5 Å². The van der Waals surface area contributed by atoms with E-state index >= 15 is 0 Å². The smallest absolute Gasteiger partial charge is 0.336 e. The predicted molar refractivity (Wildman–Crippen MR) is 61.5 cm³/mol. The minimum absolute atomic E-state index is 0.180. The van der Waals surface area contributed by atoms with E-state index in [4.69, 9.17) is 4.42 Å². The van der Waals surface area contributed by atoms with Crippen molar-refractivity contribution in [2.45, 2.75) is 19.8 Å². The van der Waals surface area contributed by atoms with E-state index in [2.05, 4.69) is 0 Å². The second-order valence-electron chi connectivity index (χ2n) is 3.83. The van der Waals surface area contributed by atoms with E-state index in [1.54, 1.807) is 19.1 Å². The fourth-order valence-electron chi connectivity index (χ4n) is 1.60. The van der Waals surface area contributed by atoms with Gasteiger partial charge < -0.3 is 9.21 Å². The lowest BCUT2D eigenvalue weighted by atomic mass is 10.1. The summed E-state index contributed by atoms with van der Waals surface area (Å²) in [5.74, 6) is 0.180. The standard InChI is InChI=1S/C13H12O3/c1-9(14)2-3-10-4-6-12-11(8-10)5-7-13(15)16-12/h4-8H,2-3H2,1H3. The molecule has 0 unspecified atom stereocenters. The van der Waals surface area contributed by atoms with Gasteiger partial charge in [-0.25, -0.2) is 4.79 Å². The molecule has 0 fully saturated rings. The maximum absolute atomic E-state index is 11.0. The summed E-state index contributed by atoms with van der Waals surface area (Å²) in [6.07, 6.45) is 1.27. The van der Waals surface area contributed by atoms with E-state index in [0.717, 1.165) is 17.4 Å². The van der Waals surface area contributed by atoms with Crippen LogP contribution in [-0.4, -0.2) is 5.78 Å². The van der Waals surface area contributed by atoms with Crippen LogP contribution < -0.4 is 5.63 Å². The Morgan fingerprint density at radius 2 is 2.06 bits per heavy atom. The van der Waals surface area contributed by atoms with Crippen LogP contribution in [0.3, 0.4) is 0 Å². The first kappa shape index (κ1) is 10.6. The fourth-order valence-corrected chi connectivity index (χ4v) is 1.60. The number of rotatable bonds is 3. The molecule has 0 atom stereocenters. The van der Waals surface area contributed by atoms with Crippen molar-refractivity contribution in [1.29, 1.82) is 0 Å². The van der Waals surface area contributed by atoms with Crippen molar-refractivity contribution in [3.8, 4) is 0 Å². The zero-order chi connectivity index (χ0) is 11.5. The molecule has 0 aliphatic carbocycles. The van der Waals surface area contributed by atoms with Crippen molar-refractivity contribution >= 4 is 16.8 Å². The number of hydrogen-bond acceptors (Lipinski definition) is 3. The number of aryl methyl sites for hydroxylation is 1. The third-order valence-electron chi connectivity index (χ3n) is 2.45. The van der Waals surface area contributed by atoms with Crippen LogP contribution in [-0.2, 0) is 11.2 Å². The second-order valence-corrected chi connectivity index (χ2v) is 3.83. The maximum Gasteiger partial charge on any atom is 0.336 e. The Balaban J connectivity index is 2.33. The highest BCUT2D eigenvalue weighted by Gasteiger charge is 2.00. The molecule has 0 aliphatic rings. The molecule has 0 spiro atoms. The molecular formula is C13H12O3. The van der Waals surface area contributed by atoms with Gasteiger partial charge in [-0.3, -0.25) is 0 Å². The minimum atomic E-state index is -0.344. The lowest BCUT2D eigenvalue weighted by Crippen LogP contribution is -1.96. The topological polar surface area (TPSA) is 47.3 Å². The quantitative estimate of drug-likeness (QED) is 0.740. The van der Waals surface area contributed by atoms with Crippen LogP contribution in [0.5, 0.6) is 0 Å². The summed E-state index contributed by atoms with van der Waals surface area (Å²) in [5.41, 5.74) is 1.32. The summed E-state index contributed by atoms with van der Waals surface area (Å²) in [6.45, 7) is 1.58. The molecule has 16 heavy (non-hydrogen) atoms. The molecule has 82 valence electrons. The Kier molecular flexibility index (Phi) is 2.86. The van der Waals surface area contributed by atoms with Gasteiger partial charge in [-0.2, -0.15) is 0 Å². The largest absolute Gasteiger partial charge is 0.423 e. The highest BCUT2D eigenvalue weighted by Crippen LogP contribution is 2.15. The zero-order valence-corrected chi connectivity index (χ0v) is 9.03. The van der Waals surface area contributed by atoms with Crippen LogP contribution in [0, 0.1) is 0 Å². The number of fused-ring (bicyclic) bond motifs is 1. The molecule has 3 nitrogen and oxygen atoms in total. The summed E-state index contributed by atoms with van der Waals surface area (Å²) in [7, 11) is 0. The summed E-state index contributed by atoms with van der Waals surface area (Å²) in [6, 6.07) is 8.73. The predicted octanol–water partition coefficient (Wildman–Crippen LogP) is 2.31. The molecule has 1 heterocycles. The summed E-state index contributed by atoms with van der Waals surface area (Å²) in [5, 5.41) is 0.889. The van der Waals surface area contributed by atoms with Crippen molar-refractivity contribution in [2.75, 3.05) is 0 Å². The van der Waals surface area contributed by atoms with Gasteiger partial charge >= 0.3 is 5.63 Å². The van der Waals surface area contributed by atoms with Gasteiger partial charge in [-0.15, -0.1) is 0 Å². The molecule has 2 rings (SSSR count). The van der Waals surface area contributed by atoms with Crippen LogP contribution in [0.25, 0.3) is 11.0 Å². The van der Waals surface area contributed by atoms with Gasteiger partial charge in [0.15, 0.2) is 0 Å².